The molecule has 2 atom stereocenters. The number of aromatic amines is 1. The Morgan fingerprint density at radius 3 is 2.62 bits per heavy atom. The van der Waals surface area contributed by atoms with E-state index < -0.39 is 23.9 Å². The summed E-state index contributed by atoms with van der Waals surface area (Å²) in [5, 5.41) is 23.5. The highest BCUT2D eigenvalue weighted by Crippen LogP contribution is 2.33. The third-order valence-electron chi connectivity index (χ3n) is 4.90. The van der Waals surface area contributed by atoms with Gasteiger partial charge < -0.3 is 26.6 Å². The number of fused-ring (bicyclic) bond motifs is 1. The van der Waals surface area contributed by atoms with Gasteiger partial charge in [0.05, 0.1) is 0 Å². The number of nitrogens with two attached hydrogens (primary N) is 1. The van der Waals surface area contributed by atoms with E-state index in [-0.39, 0.29) is 35.2 Å². The summed E-state index contributed by atoms with van der Waals surface area (Å²) in [5.41, 5.74) is 6.56. The monoisotopic (exact) mass is 461 g/mol. The maximum Gasteiger partial charge on any atom is 0.326 e. The van der Waals surface area contributed by atoms with Gasteiger partial charge in [0.25, 0.3) is 11.5 Å². The van der Waals surface area contributed by atoms with E-state index in [1.807, 2.05) is 0 Å². The summed E-state index contributed by atoms with van der Waals surface area (Å²) in [7, 11) is 0. The number of aliphatic carboxylic acids is 2. The lowest BCUT2D eigenvalue weighted by atomic mass is 10.0. The molecule has 11 nitrogen and oxygen atoms in total. The third kappa shape index (κ3) is 6.00. The van der Waals surface area contributed by atoms with E-state index in [9.17, 15) is 19.2 Å². The van der Waals surface area contributed by atoms with Crippen molar-refractivity contribution in [2.45, 2.75) is 41.9 Å². The summed E-state index contributed by atoms with van der Waals surface area (Å²) >= 11 is 1.45. The molecule has 1 aromatic heterocycles. The molecular formula is C20H23N5O6S. The van der Waals surface area contributed by atoms with Gasteiger partial charge in [-0.05, 0) is 37.0 Å². The first-order valence-corrected chi connectivity index (χ1v) is 10.8. The quantitative estimate of drug-likeness (QED) is 0.313. The number of H-pyrrole nitrogens is 1. The number of carboxylic acids is 2. The number of hydrogen-bond donors (Lipinski definition) is 6. The highest BCUT2D eigenvalue weighted by atomic mass is 32.2. The van der Waals surface area contributed by atoms with Crippen molar-refractivity contribution < 1.29 is 24.6 Å². The SMILES string of the molecule is Nc1nc2c(c(=O)[nH]1)S[C@H](CCc1ccc(C(=O)N[C@@H](CCC(=O)O)C(=O)O)cc1)CN2. The number of carbonyl (C=O) groups excluding carboxylic acids is 1. The maximum absolute atomic E-state index is 12.3. The fourth-order valence-corrected chi connectivity index (χ4v) is 4.33. The van der Waals surface area contributed by atoms with Gasteiger partial charge in [-0.3, -0.25) is 19.4 Å². The average molecular weight is 462 g/mol. The molecule has 1 amide bonds. The molecule has 1 aliphatic heterocycles. The standard InChI is InChI=1S/C20H23N5O6S/c21-20-24-16-15(18(29)25-20)32-12(9-22-16)6-3-10-1-4-11(5-2-10)17(28)23-13(19(30)31)7-8-14(26)27/h1-2,4-5,12-13H,3,6-9H2,(H,23,28)(H,26,27)(H,30,31)(H4,21,22,24,25,29)/t12-,13+/m1/s1. The topological polar surface area (TPSA) is 187 Å². The lowest BCUT2D eigenvalue weighted by molar-refractivity contribution is -0.140. The summed E-state index contributed by atoms with van der Waals surface area (Å²) in [4.78, 5) is 53.4. The van der Waals surface area contributed by atoms with Gasteiger partial charge in [0.1, 0.15) is 16.8 Å². The van der Waals surface area contributed by atoms with Crippen molar-refractivity contribution >= 4 is 41.4 Å². The largest absolute Gasteiger partial charge is 0.481 e. The van der Waals surface area contributed by atoms with Gasteiger partial charge in [0, 0.05) is 23.8 Å². The second-order valence-electron chi connectivity index (χ2n) is 7.28. The van der Waals surface area contributed by atoms with Crippen molar-refractivity contribution in [3.8, 4) is 0 Å². The summed E-state index contributed by atoms with van der Waals surface area (Å²) in [6.45, 7) is 0.640. The van der Waals surface area contributed by atoms with Crippen LogP contribution in [0.4, 0.5) is 11.8 Å². The predicted octanol–water partition coefficient (Wildman–Crippen LogP) is 0.919. The molecule has 170 valence electrons. The Labute approximate surface area is 186 Å². The van der Waals surface area contributed by atoms with Crippen LogP contribution in [-0.4, -0.2) is 55.9 Å². The van der Waals surface area contributed by atoms with Crippen LogP contribution in [0.15, 0.2) is 34.0 Å². The Kier molecular flexibility index (Phi) is 7.36. The van der Waals surface area contributed by atoms with E-state index in [1.165, 1.54) is 11.8 Å². The van der Waals surface area contributed by atoms with Crippen LogP contribution in [0.5, 0.6) is 0 Å². The number of rotatable bonds is 9. The zero-order valence-electron chi connectivity index (χ0n) is 17.0. The number of carboxylic acid groups (broad SMARTS) is 2. The molecule has 32 heavy (non-hydrogen) atoms. The Bertz CT molecular complexity index is 1070. The van der Waals surface area contributed by atoms with Gasteiger partial charge in [0.2, 0.25) is 5.95 Å². The molecule has 2 aromatic rings. The van der Waals surface area contributed by atoms with Crippen molar-refractivity contribution in [2.75, 3.05) is 17.6 Å². The first-order chi connectivity index (χ1) is 15.2. The summed E-state index contributed by atoms with van der Waals surface area (Å²) in [6, 6.07) is 5.49. The van der Waals surface area contributed by atoms with Gasteiger partial charge in [0.15, 0.2) is 0 Å². The number of aryl methyl sites for hydroxylation is 1. The fraction of sp³-hybridized carbons (Fsp3) is 0.350. The van der Waals surface area contributed by atoms with Crippen molar-refractivity contribution in [3.05, 3.63) is 45.7 Å². The molecule has 0 aliphatic carbocycles. The van der Waals surface area contributed by atoms with Crippen molar-refractivity contribution in [1.29, 1.82) is 0 Å². The number of benzene rings is 1. The van der Waals surface area contributed by atoms with Crippen LogP contribution in [0.1, 0.15) is 35.2 Å². The van der Waals surface area contributed by atoms with E-state index in [2.05, 4.69) is 20.6 Å². The Morgan fingerprint density at radius 2 is 1.97 bits per heavy atom. The molecule has 12 heteroatoms. The Morgan fingerprint density at radius 1 is 1.25 bits per heavy atom. The number of anilines is 2. The molecule has 1 aliphatic rings. The summed E-state index contributed by atoms with van der Waals surface area (Å²) in [5.74, 6) is -2.43. The lowest BCUT2D eigenvalue weighted by Gasteiger charge is -2.24. The fourth-order valence-electron chi connectivity index (χ4n) is 3.21. The van der Waals surface area contributed by atoms with Crippen LogP contribution in [0.3, 0.4) is 0 Å². The molecule has 3 rings (SSSR count). The predicted molar refractivity (Wildman–Crippen MR) is 118 cm³/mol. The lowest BCUT2D eigenvalue weighted by Crippen LogP contribution is -2.41. The van der Waals surface area contributed by atoms with Gasteiger partial charge in [-0.25, -0.2) is 4.79 Å². The molecule has 7 N–H and O–H groups in total. The second-order valence-corrected chi connectivity index (χ2v) is 8.59. The van der Waals surface area contributed by atoms with Gasteiger partial charge >= 0.3 is 11.9 Å². The van der Waals surface area contributed by atoms with Gasteiger partial charge in [-0.15, -0.1) is 11.8 Å². The van der Waals surface area contributed by atoms with Crippen LogP contribution in [0.25, 0.3) is 0 Å². The molecule has 0 fully saturated rings. The highest BCUT2D eigenvalue weighted by Gasteiger charge is 2.24. The molecule has 0 saturated heterocycles. The minimum Gasteiger partial charge on any atom is -0.481 e. The third-order valence-corrected chi connectivity index (χ3v) is 6.25. The summed E-state index contributed by atoms with van der Waals surface area (Å²) < 4.78 is 0. The number of carbonyl (C=O) groups is 3. The number of nitrogens with one attached hydrogen (secondary N) is 3. The average Bonchev–Trinajstić information content (AvgIpc) is 2.75. The van der Waals surface area contributed by atoms with E-state index in [1.54, 1.807) is 24.3 Å². The Balaban J connectivity index is 1.54. The number of amides is 1. The minimum absolute atomic E-state index is 0.0704. The van der Waals surface area contributed by atoms with Crippen molar-refractivity contribution in [1.82, 2.24) is 15.3 Å². The number of nitrogens with zero attached hydrogens (tertiary/aromatic N) is 1. The molecule has 1 aromatic carbocycles. The molecule has 0 spiro atoms. The van der Waals surface area contributed by atoms with Crippen LogP contribution in [-0.2, 0) is 16.0 Å². The molecule has 2 heterocycles. The van der Waals surface area contributed by atoms with E-state index in [0.29, 0.717) is 23.7 Å². The molecule has 0 bridgehead atoms. The minimum atomic E-state index is -1.28. The van der Waals surface area contributed by atoms with Crippen LogP contribution in [0, 0.1) is 0 Å². The Hall–Kier alpha value is -3.54. The first-order valence-electron chi connectivity index (χ1n) is 9.87. The van der Waals surface area contributed by atoms with Crippen molar-refractivity contribution in [2.24, 2.45) is 0 Å². The normalized spacial score (nSPS) is 15.8. The second kappa shape index (κ2) is 10.2. The maximum atomic E-state index is 12.3. The van der Waals surface area contributed by atoms with Crippen molar-refractivity contribution in [3.63, 3.8) is 0 Å². The zero-order valence-corrected chi connectivity index (χ0v) is 17.8. The first kappa shape index (κ1) is 23.1. The van der Waals surface area contributed by atoms with E-state index >= 15 is 0 Å². The van der Waals surface area contributed by atoms with Crippen LogP contribution in [0.2, 0.25) is 0 Å². The molecular weight excluding hydrogens is 438 g/mol. The molecule has 0 saturated carbocycles. The zero-order chi connectivity index (χ0) is 23.3. The van der Waals surface area contributed by atoms with E-state index in [0.717, 1.165) is 12.0 Å². The van der Waals surface area contributed by atoms with Crippen LogP contribution < -0.4 is 21.9 Å². The number of nitrogen functional groups attached to an aromatic ring is 1. The van der Waals surface area contributed by atoms with Gasteiger partial charge in [-0.2, -0.15) is 4.98 Å². The number of hydrogen-bond acceptors (Lipinski definition) is 8. The van der Waals surface area contributed by atoms with Gasteiger partial charge in [-0.1, -0.05) is 12.1 Å². The smallest absolute Gasteiger partial charge is 0.326 e. The van der Waals surface area contributed by atoms with E-state index in [4.69, 9.17) is 15.9 Å². The summed E-state index contributed by atoms with van der Waals surface area (Å²) in [6.07, 6.45) is 0.940. The number of aromatic nitrogens is 2. The molecule has 0 radical (unpaired) electrons. The highest BCUT2D eigenvalue weighted by molar-refractivity contribution is 8.00. The van der Waals surface area contributed by atoms with Crippen LogP contribution >= 0.6 is 11.8 Å². The molecule has 0 unspecified atom stereocenters. The number of thioether (sulfide) groups is 1.